The van der Waals surface area contributed by atoms with E-state index >= 15 is 0 Å². The van der Waals surface area contributed by atoms with E-state index in [-0.39, 0.29) is 5.95 Å². The second kappa shape index (κ2) is 4.45. The predicted molar refractivity (Wildman–Crippen MR) is 58.9 cm³/mol. The summed E-state index contributed by atoms with van der Waals surface area (Å²) < 4.78 is 0. The summed E-state index contributed by atoms with van der Waals surface area (Å²) in [5, 5.41) is 0. The van der Waals surface area contributed by atoms with Crippen LogP contribution in [0.25, 0.3) is 0 Å². The molecule has 0 atom stereocenters. The van der Waals surface area contributed by atoms with Crippen molar-refractivity contribution < 1.29 is 0 Å². The van der Waals surface area contributed by atoms with E-state index in [1.165, 1.54) is 0 Å². The molecule has 1 aromatic rings. The highest BCUT2D eigenvalue weighted by atomic mass is 15.2. The number of hydrogen-bond donors (Lipinski definition) is 2. The lowest BCUT2D eigenvalue weighted by atomic mass is 10.4. The molecule has 0 aliphatic carbocycles. The highest BCUT2D eigenvalue weighted by molar-refractivity contribution is 5.50. The quantitative estimate of drug-likeness (QED) is 0.686. The molecule has 0 aliphatic heterocycles. The van der Waals surface area contributed by atoms with Gasteiger partial charge in [0.25, 0.3) is 0 Å². The average molecular weight is 193 g/mol. The maximum absolute atomic E-state index is 5.56. The minimum Gasteiger partial charge on any atom is -0.383 e. The third kappa shape index (κ3) is 2.35. The number of hydrogen-bond acceptors (Lipinski definition) is 5. The molecular formula is C9H15N5. The van der Waals surface area contributed by atoms with Crippen LogP contribution in [-0.2, 0) is 0 Å². The Hall–Kier alpha value is -1.78. The van der Waals surface area contributed by atoms with Crippen molar-refractivity contribution in [3.63, 3.8) is 0 Å². The third-order valence-corrected chi connectivity index (χ3v) is 1.80. The van der Waals surface area contributed by atoms with Gasteiger partial charge < -0.3 is 16.4 Å². The van der Waals surface area contributed by atoms with E-state index in [4.69, 9.17) is 11.5 Å². The summed E-state index contributed by atoms with van der Waals surface area (Å²) in [6.45, 7) is 7.23. The first-order chi connectivity index (χ1) is 6.67. The first-order valence-electron chi connectivity index (χ1n) is 4.43. The zero-order valence-corrected chi connectivity index (χ0v) is 8.27. The van der Waals surface area contributed by atoms with Crippen molar-refractivity contribution in [1.82, 2.24) is 9.97 Å². The first kappa shape index (κ1) is 10.3. The largest absolute Gasteiger partial charge is 0.383 e. The number of nitrogen functional groups attached to an aromatic ring is 2. The Morgan fingerprint density at radius 1 is 1.50 bits per heavy atom. The molecule has 0 amide bonds. The molecular weight excluding hydrogens is 178 g/mol. The molecule has 1 heterocycles. The normalized spacial score (nSPS) is 9.79. The molecule has 76 valence electrons. The maximum atomic E-state index is 5.56. The molecule has 4 N–H and O–H groups in total. The summed E-state index contributed by atoms with van der Waals surface area (Å²) in [4.78, 5) is 9.89. The van der Waals surface area contributed by atoms with Crippen molar-refractivity contribution in [1.29, 1.82) is 0 Å². The highest BCUT2D eigenvalue weighted by Gasteiger charge is 2.05. The lowest BCUT2D eigenvalue weighted by Crippen LogP contribution is -2.24. The van der Waals surface area contributed by atoms with E-state index in [1.54, 1.807) is 12.1 Å². The Morgan fingerprint density at radius 3 is 2.71 bits per heavy atom. The SMILES string of the molecule is C=CCN(CC)c1cc(N)nc(N)n1. The molecule has 0 aromatic carbocycles. The fraction of sp³-hybridized carbons (Fsp3) is 0.333. The van der Waals surface area contributed by atoms with E-state index in [2.05, 4.69) is 16.5 Å². The summed E-state index contributed by atoms with van der Waals surface area (Å²) in [6, 6.07) is 1.70. The van der Waals surface area contributed by atoms with Crippen LogP contribution >= 0.6 is 0 Å². The summed E-state index contributed by atoms with van der Waals surface area (Å²) in [6.07, 6.45) is 1.80. The zero-order valence-electron chi connectivity index (χ0n) is 8.27. The van der Waals surface area contributed by atoms with Crippen LogP contribution < -0.4 is 16.4 Å². The van der Waals surface area contributed by atoms with Crippen LogP contribution in [0.5, 0.6) is 0 Å². The van der Waals surface area contributed by atoms with Gasteiger partial charge in [0.05, 0.1) is 0 Å². The van der Waals surface area contributed by atoms with Crippen LogP contribution in [0.3, 0.4) is 0 Å². The molecule has 0 aliphatic rings. The van der Waals surface area contributed by atoms with Crippen LogP contribution in [-0.4, -0.2) is 23.1 Å². The lowest BCUT2D eigenvalue weighted by molar-refractivity contribution is 0.880. The molecule has 0 unspecified atom stereocenters. The van der Waals surface area contributed by atoms with Crippen molar-refractivity contribution in [2.45, 2.75) is 6.92 Å². The summed E-state index contributed by atoms with van der Waals surface area (Å²) in [5.74, 6) is 1.31. The Morgan fingerprint density at radius 2 is 2.21 bits per heavy atom. The van der Waals surface area contributed by atoms with Crippen molar-refractivity contribution in [3.8, 4) is 0 Å². The molecule has 1 aromatic heterocycles. The van der Waals surface area contributed by atoms with Crippen molar-refractivity contribution in [3.05, 3.63) is 18.7 Å². The summed E-state index contributed by atoms with van der Waals surface area (Å²) in [7, 11) is 0. The fourth-order valence-electron chi connectivity index (χ4n) is 1.17. The molecule has 0 spiro atoms. The second-order valence-corrected chi connectivity index (χ2v) is 2.84. The van der Waals surface area contributed by atoms with Gasteiger partial charge in [-0.15, -0.1) is 6.58 Å². The molecule has 0 fully saturated rings. The Kier molecular flexibility index (Phi) is 3.28. The van der Waals surface area contributed by atoms with E-state index in [0.29, 0.717) is 12.4 Å². The number of likely N-dealkylation sites (N-methyl/N-ethyl adjacent to an activating group) is 1. The van der Waals surface area contributed by atoms with E-state index < -0.39 is 0 Å². The standard InChI is InChI=1S/C9H15N5/c1-3-5-14(4-2)8-6-7(10)12-9(11)13-8/h3,6H,1,4-5H2,2H3,(H4,10,11,12,13). The minimum absolute atomic E-state index is 0.197. The maximum Gasteiger partial charge on any atom is 0.223 e. The number of nitrogens with two attached hydrogens (primary N) is 2. The molecule has 1 rings (SSSR count). The molecule has 14 heavy (non-hydrogen) atoms. The second-order valence-electron chi connectivity index (χ2n) is 2.84. The summed E-state index contributed by atoms with van der Waals surface area (Å²) in [5.41, 5.74) is 11.1. The van der Waals surface area contributed by atoms with Gasteiger partial charge >= 0.3 is 0 Å². The molecule has 0 saturated heterocycles. The van der Waals surface area contributed by atoms with Gasteiger partial charge in [0, 0.05) is 19.2 Å². The van der Waals surface area contributed by atoms with E-state index in [0.717, 1.165) is 12.4 Å². The number of nitrogens with zero attached hydrogens (tertiary/aromatic N) is 3. The topological polar surface area (TPSA) is 81.1 Å². The van der Waals surface area contributed by atoms with Gasteiger partial charge in [-0.2, -0.15) is 9.97 Å². The zero-order chi connectivity index (χ0) is 10.6. The van der Waals surface area contributed by atoms with Gasteiger partial charge in [-0.25, -0.2) is 0 Å². The van der Waals surface area contributed by atoms with Crippen LogP contribution in [0.4, 0.5) is 17.6 Å². The van der Waals surface area contributed by atoms with Gasteiger partial charge in [0.15, 0.2) is 0 Å². The highest BCUT2D eigenvalue weighted by Crippen LogP contribution is 2.14. The minimum atomic E-state index is 0.197. The molecule has 5 nitrogen and oxygen atoms in total. The fourth-order valence-corrected chi connectivity index (χ4v) is 1.17. The van der Waals surface area contributed by atoms with Crippen molar-refractivity contribution in [2.24, 2.45) is 0 Å². The van der Waals surface area contributed by atoms with Gasteiger partial charge in [-0.3, -0.25) is 0 Å². The third-order valence-electron chi connectivity index (χ3n) is 1.80. The Labute approximate surface area is 83.4 Å². The van der Waals surface area contributed by atoms with Gasteiger partial charge in [-0.1, -0.05) is 6.08 Å². The van der Waals surface area contributed by atoms with E-state index in [9.17, 15) is 0 Å². The van der Waals surface area contributed by atoms with Crippen LogP contribution in [0, 0.1) is 0 Å². The lowest BCUT2D eigenvalue weighted by Gasteiger charge is -2.20. The van der Waals surface area contributed by atoms with Crippen molar-refractivity contribution >= 4 is 17.6 Å². The number of rotatable bonds is 4. The van der Waals surface area contributed by atoms with E-state index in [1.807, 2.05) is 11.8 Å². The molecule has 5 heteroatoms. The molecule has 0 saturated carbocycles. The van der Waals surface area contributed by atoms with Crippen molar-refractivity contribution in [2.75, 3.05) is 29.5 Å². The molecule has 0 bridgehead atoms. The van der Waals surface area contributed by atoms with Gasteiger partial charge in [0.2, 0.25) is 5.95 Å². The Balaban J connectivity index is 2.96. The van der Waals surface area contributed by atoms with Crippen LogP contribution in [0.2, 0.25) is 0 Å². The van der Waals surface area contributed by atoms with Gasteiger partial charge in [-0.05, 0) is 6.92 Å². The monoisotopic (exact) mass is 193 g/mol. The Bertz CT molecular complexity index is 303. The first-order valence-corrected chi connectivity index (χ1v) is 4.43. The van der Waals surface area contributed by atoms with Gasteiger partial charge in [0.1, 0.15) is 11.6 Å². The predicted octanol–water partition coefficient (Wildman–Crippen LogP) is 0.653. The molecule has 0 radical (unpaired) electrons. The smallest absolute Gasteiger partial charge is 0.223 e. The summed E-state index contributed by atoms with van der Waals surface area (Å²) >= 11 is 0. The number of aromatic nitrogens is 2. The average Bonchev–Trinajstić information content (AvgIpc) is 2.12. The van der Waals surface area contributed by atoms with Crippen LogP contribution in [0.15, 0.2) is 18.7 Å². The number of anilines is 3. The van der Waals surface area contributed by atoms with Crippen LogP contribution in [0.1, 0.15) is 6.92 Å².